The van der Waals surface area contributed by atoms with E-state index in [1.807, 2.05) is 13.0 Å². The minimum absolute atomic E-state index is 0.00709. The molecular formula is C14H21N3O. The maximum absolute atomic E-state index is 12.1. The Hall–Kier alpha value is -1.55. The Kier molecular flexibility index (Phi) is 3.87. The normalized spacial score (nSPS) is 17.7. The molecule has 0 aromatic heterocycles. The third-order valence-corrected chi connectivity index (χ3v) is 3.59. The molecule has 98 valence electrons. The molecule has 0 spiro atoms. The second-order valence-corrected chi connectivity index (χ2v) is 5.12. The molecule has 1 aliphatic rings. The van der Waals surface area contributed by atoms with E-state index in [0.29, 0.717) is 11.6 Å². The predicted octanol–water partition coefficient (Wildman–Crippen LogP) is 1.40. The zero-order valence-electron chi connectivity index (χ0n) is 11.1. The number of carbonyl (C=O) groups excluding carboxylic acids is 1. The third-order valence-electron chi connectivity index (χ3n) is 3.59. The average Bonchev–Trinajstić information content (AvgIpc) is 2.35. The summed E-state index contributed by atoms with van der Waals surface area (Å²) in [5.74, 6) is 0.00709. The fraction of sp³-hybridized carbons (Fsp3) is 0.500. The highest BCUT2D eigenvalue weighted by Crippen LogP contribution is 2.14. The molecule has 0 aliphatic carbocycles. The number of aryl methyl sites for hydroxylation is 1. The summed E-state index contributed by atoms with van der Waals surface area (Å²) in [6.45, 7) is 4.01. The summed E-state index contributed by atoms with van der Waals surface area (Å²) < 4.78 is 0. The first-order valence-electron chi connectivity index (χ1n) is 6.42. The molecule has 1 heterocycles. The molecule has 0 radical (unpaired) electrons. The van der Waals surface area contributed by atoms with Gasteiger partial charge in [-0.05, 0) is 63.7 Å². The number of carbonyl (C=O) groups is 1. The third kappa shape index (κ3) is 3.01. The Morgan fingerprint density at radius 3 is 2.67 bits per heavy atom. The first-order chi connectivity index (χ1) is 8.56. The molecule has 4 nitrogen and oxygen atoms in total. The summed E-state index contributed by atoms with van der Waals surface area (Å²) in [4.78, 5) is 14.4. The number of nitrogens with two attached hydrogens (primary N) is 1. The molecule has 1 aromatic carbocycles. The molecule has 4 heteroatoms. The van der Waals surface area contributed by atoms with E-state index in [9.17, 15) is 4.79 Å². The number of anilines is 1. The molecule has 0 saturated carbocycles. The number of amides is 1. The van der Waals surface area contributed by atoms with Crippen molar-refractivity contribution in [3.05, 3.63) is 29.3 Å². The first-order valence-corrected chi connectivity index (χ1v) is 6.42. The topological polar surface area (TPSA) is 58.4 Å². The lowest BCUT2D eigenvalue weighted by atomic mass is 10.0. The maximum atomic E-state index is 12.1. The fourth-order valence-corrected chi connectivity index (χ4v) is 2.24. The van der Waals surface area contributed by atoms with Crippen LogP contribution >= 0.6 is 0 Å². The van der Waals surface area contributed by atoms with Gasteiger partial charge in [0.25, 0.3) is 5.91 Å². The van der Waals surface area contributed by atoms with Crippen LogP contribution in [0.15, 0.2) is 18.2 Å². The smallest absolute Gasteiger partial charge is 0.251 e. The Morgan fingerprint density at radius 1 is 1.39 bits per heavy atom. The molecule has 18 heavy (non-hydrogen) atoms. The summed E-state index contributed by atoms with van der Waals surface area (Å²) in [7, 11) is 2.11. The van der Waals surface area contributed by atoms with Crippen LogP contribution in [0.2, 0.25) is 0 Å². The standard InChI is InChI=1S/C14H21N3O/c1-10-9-11(3-4-13(10)15)14(18)16-12-5-7-17(2)8-6-12/h3-4,9,12H,5-8,15H2,1-2H3,(H,16,18). The zero-order valence-corrected chi connectivity index (χ0v) is 11.1. The molecule has 0 bridgehead atoms. The van der Waals surface area contributed by atoms with Crippen molar-refractivity contribution in [2.75, 3.05) is 25.9 Å². The van der Waals surface area contributed by atoms with Gasteiger partial charge >= 0.3 is 0 Å². The molecule has 1 aliphatic heterocycles. The predicted molar refractivity (Wildman–Crippen MR) is 73.6 cm³/mol. The van der Waals surface area contributed by atoms with Crippen LogP contribution < -0.4 is 11.1 Å². The van der Waals surface area contributed by atoms with E-state index >= 15 is 0 Å². The number of nitrogen functional groups attached to an aromatic ring is 1. The largest absolute Gasteiger partial charge is 0.399 e. The summed E-state index contributed by atoms with van der Waals surface area (Å²) in [6, 6.07) is 5.72. The van der Waals surface area contributed by atoms with E-state index in [-0.39, 0.29) is 5.91 Å². The van der Waals surface area contributed by atoms with Crippen LogP contribution in [0.5, 0.6) is 0 Å². The highest BCUT2D eigenvalue weighted by Gasteiger charge is 2.19. The minimum atomic E-state index is 0.00709. The van der Waals surface area contributed by atoms with Crippen LogP contribution in [0, 0.1) is 6.92 Å². The molecule has 3 N–H and O–H groups in total. The highest BCUT2D eigenvalue weighted by molar-refractivity contribution is 5.95. The second kappa shape index (κ2) is 5.40. The lowest BCUT2D eigenvalue weighted by molar-refractivity contribution is 0.0917. The van der Waals surface area contributed by atoms with E-state index in [0.717, 1.165) is 37.2 Å². The van der Waals surface area contributed by atoms with Gasteiger partial charge in [0, 0.05) is 17.3 Å². The number of nitrogens with zero attached hydrogens (tertiary/aromatic N) is 1. The molecular weight excluding hydrogens is 226 g/mol. The van der Waals surface area contributed by atoms with Gasteiger partial charge in [-0.1, -0.05) is 0 Å². The van der Waals surface area contributed by atoms with Crippen LogP contribution in [-0.2, 0) is 0 Å². The van der Waals surface area contributed by atoms with Gasteiger partial charge in [-0.15, -0.1) is 0 Å². The molecule has 1 amide bonds. The van der Waals surface area contributed by atoms with Gasteiger partial charge in [-0.25, -0.2) is 0 Å². The first kappa shape index (κ1) is 12.9. The Labute approximate surface area is 108 Å². The Balaban J connectivity index is 1.97. The number of benzene rings is 1. The number of rotatable bonds is 2. The van der Waals surface area contributed by atoms with Crippen molar-refractivity contribution in [3.8, 4) is 0 Å². The van der Waals surface area contributed by atoms with Gasteiger partial charge in [-0.2, -0.15) is 0 Å². The van der Waals surface area contributed by atoms with Crippen molar-refractivity contribution in [3.63, 3.8) is 0 Å². The van der Waals surface area contributed by atoms with Crippen molar-refractivity contribution >= 4 is 11.6 Å². The van der Waals surface area contributed by atoms with Gasteiger partial charge in [0.2, 0.25) is 0 Å². The number of piperidine rings is 1. The molecule has 2 rings (SSSR count). The number of hydrogen-bond donors (Lipinski definition) is 2. The van der Waals surface area contributed by atoms with Crippen molar-refractivity contribution in [1.29, 1.82) is 0 Å². The lowest BCUT2D eigenvalue weighted by Crippen LogP contribution is -2.43. The summed E-state index contributed by atoms with van der Waals surface area (Å²) in [5.41, 5.74) is 8.12. The van der Waals surface area contributed by atoms with Crippen molar-refractivity contribution in [2.24, 2.45) is 0 Å². The highest BCUT2D eigenvalue weighted by atomic mass is 16.1. The number of likely N-dealkylation sites (tertiary alicyclic amines) is 1. The van der Waals surface area contributed by atoms with Crippen LogP contribution in [0.1, 0.15) is 28.8 Å². The lowest BCUT2D eigenvalue weighted by Gasteiger charge is -2.29. The van der Waals surface area contributed by atoms with Gasteiger partial charge in [0.15, 0.2) is 0 Å². The summed E-state index contributed by atoms with van der Waals surface area (Å²) in [5, 5.41) is 3.10. The Morgan fingerprint density at radius 2 is 2.06 bits per heavy atom. The summed E-state index contributed by atoms with van der Waals surface area (Å²) >= 11 is 0. The molecule has 0 atom stereocenters. The van der Waals surface area contributed by atoms with Crippen molar-refractivity contribution in [2.45, 2.75) is 25.8 Å². The molecule has 1 aromatic rings. The molecule has 0 unspecified atom stereocenters. The quantitative estimate of drug-likeness (QED) is 0.777. The Bertz CT molecular complexity index is 437. The number of hydrogen-bond acceptors (Lipinski definition) is 3. The van der Waals surface area contributed by atoms with E-state index in [2.05, 4.69) is 17.3 Å². The van der Waals surface area contributed by atoms with Gasteiger partial charge in [0.1, 0.15) is 0 Å². The monoisotopic (exact) mass is 247 g/mol. The van der Waals surface area contributed by atoms with Gasteiger partial charge in [-0.3, -0.25) is 4.79 Å². The van der Waals surface area contributed by atoms with Gasteiger partial charge in [0.05, 0.1) is 0 Å². The fourth-order valence-electron chi connectivity index (χ4n) is 2.24. The summed E-state index contributed by atoms with van der Waals surface area (Å²) in [6.07, 6.45) is 2.05. The zero-order chi connectivity index (χ0) is 13.1. The van der Waals surface area contributed by atoms with Crippen LogP contribution in [0.4, 0.5) is 5.69 Å². The van der Waals surface area contributed by atoms with Crippen molar-refractivity contribution < 1.29 is 4.79 Å². The number of nitrogens with one attached hydrogen (secondary N) is 1. The van der Waals surface area contributed by atoms with E-state index in [1.54, 1.807) is 12.1 Å². The van der Waals surface area contributed by atoms with Crippen LogP contribution in [-0.4, -0.2) is 37.0 Å². The van der Waals surface area contributed by atoms with Crippen LogP contribution in [0.3, 0.4) is 0 Å². The SMILES string of the molecule is Cc1cc(C(=O)NC2CCN(C)CC2)ccc1N. The van der Waals surface area contributed by atoms with Crippen molar-refractivity contribution in [1.82, 2.24) is 10.2 Å². The average molecular weight is 247 g/mol. The second-order valence-electron chi connectivity index (χ2n) is 5.12. The minimum Gasteiger partial charge on any atom is -0.399 e. The van der Waals surface area contributed by atoms with E-state index in [4.69, 9.17) is 5.73 Å². The van der Waals surface area contributed by atoms with Gasteiger partial charge < -0.3 is 16.0 Å². The van der Waals surface area contributed by atoms with E-state index in [1.165, 1.54) is 0 Å². The van der Waals surface area contributed by atoms with E-state index < -0.39 is 0 Å². The molecule has 1 fully saturated rings. The van der Waals surface area contributed by atoms with Crippen LogP contribution in [0.25, 0.3) is 0 Å². The maximum Gasteiger partial charge on any atom is 0.251 e. The molecule has 1 saturated heterocycles.